The molecular weight excluding hydrogens is 237 g/mol. The molecule has 2 rings (SSSR count). The quantitative estimate of drug-likeness (QED) is 0.781. The maximum Gasteiger partial charge on any atom is 0.418 e. The SMILES string of the molecule is CC.COC(=O)n1ccc2c(F)c(OC)ccc21. The zero-order valence-electron chi connectivity index (χ0n) is 10.9. The minimum atomic E-state index is -0.556. The number of hydrogen-bond acceptors (Lipinski definition) is 3. The number of nitrogens with zero attached hydrogens (tertiary/aromatic N) is 1. The molecule has 1 aromatic carbocycles. The highest BCUT2D eigenvalue weighted by Gasteiger charge is 2.14. The molecule has 0 N–H and O–H groups in total. The number of rotatable bonds is 1. The van der Waals surface area contributed by atoms with Crippen LogP contribution in [0.15, 0.2) is 24.4 Å². The fourth-order valence-electron chi connectivity index (χ4n) is 1.58. The van der Waals surface area contributed by atoms with Crippen molar-refractivity contribution in [1.29, 1.82) is 0 Å². The smallest absolute Gasteiger partial charge is 0.418 e. The molecule has 0 saturated heterocycles. The van der Waals surface area contributed by atoms with Gasteiger partial charge in [-0.15, -0.1) is 0 Å². The molecule has 18 heavy (non-hydrogen) atoms. The van der Waals surface area contributed by atoms with Crippen LogP contribution in [0.25, 0.3) is 10.9 Å². The topological polar surface area (TPSA) is 40.5 Å². The summed E-state index contributed by atoms with van der Waals surface area (Å²) in [6.07, 6.45) is 0.901. The van der Waals surface area contributed by atoms with E-state index in [9.17, 15) is 9.18 Å². The van der Waals surface area contributed by atoms with Crippen LogP contribution in [0, 0.1) is 5.82 Å². The fraction of sp³-hybridized carbons (Fsp3) is 0.308. The monoisotopic (exact) mass is 253 g/mol. The van der Waals surface area contributed by atoms with Crippen molar-refractivity contribution in [3.63, 3.8) is 0 Å². The first-order valence-corrected chi connectivity index (χ1v) is 5.61. The highest BCUT2D eigenvalue weighted by atomic mass is 19.1. The third-order valence-electron chi connectivity index (χ3n) is 2.36. The number of carbonyl (C=O) groups excluding carboxylic acids is 1. The van der Waals surface area contributed by atoms with Crippen molar-refractivity contribution in [2.75, 3.05) is 14.2 Å². The van der Waals surface area contributed by atoms with E-state index in [1.807, 2.05) is 13.8 Å². The molecule has 0 bridgehead atoms. The Morgan fingerprint density at radius 2 is 1.89 bits per heavy atom. The summed E-state index contributed by atoms with van der Waals surface area (Å²) in [5.41, 5.74) is 0.449. The first-order valence-electron chi connectivity index (χ1n) is 5.61. The Morgan fingerprint density at radius 1 is 1.22 bits per heavy atom. The number of carbonyl (C=O) groups is 1. The van der Waals surface area contributed by atoms with E-state index >= 15 is 0 Å². The molecule has 0 aliphatic carbocycles. The van der Waals surface area contributed by atoms with Gasteiger partial charge in [-0.2, -0.15) is 0 Å². The molecule has 0 spiro atoms. The number of benzene rings is 1. The molecule has 0 amide bonds. The van der Waals surface area contributed by atoms with Gasteiger partial charge in [0.2, 0.25) is 0 Å². The van der Waals surface area contributed by atoms with Gasteiger partial charge in [-0.3, -0.25) is 4.57 Å². The minimum absolute atomic E-state index is 0.148. The lowest BCUT2D eigenvalue weighted by Gasteiger charge is -2.04. The summed E-state index contributed by atoms with van der Waals surface area (Å²) in [6.45, 7) is 4.00. The predicted octanol–water partition coefficient (Wildman–Crippen LogP) is 3.43. The van der Waals surface area contributed by atoms with E-state index in [0.29, 0.717) is 10.9 Å². The summed E-state index contributed by atoms with van der Waals surface area (Å²) in [4.78, 5) is 11.3. The predicted molar refractivity (Wildman–Crippen MR) is 67.6 cm³/mol. The second-order valence-electron chi connectivity index (χ2n) is 3.17. The molecule has 0 radical (unpaired) electrons. The van der Waals surface area contributed by atoms with E-state index in [2.05, 4.69) is 4.74 Å². The van der Waals surface area contributed by atoms with Crippen molar-refractivity contribution in [2.24, 2.45) is 0 Å². The number of aromatic nitrogens is 1. The summed E-state index contributed by atoms with van der Waals surface area (Å²) in [7, 11) is 2.66. The molecule has 5 heteroatoms. The normalized spacial score (nSPS) is 9.61. The first kappa shape index (κ1) is 14.0. The molecule has 0 fully saturated rings. The molecule has 1 aromatic heterocycles. The van der Waals surface area contributed by atoms with Crippen LogP contribution >= 0.6 is 0 Å². The Hall–Kier alpha value is -2.04. The average molecular weight is 253 g/mol. The Kier molecular flexibility index (Phi) is 4.71. The summed E-state index contributed by atoms with van der Waals surface area (Å²) in [6, 6.07) is 4.58. The molecule has 4 nitrogen and oxygen atoms in total. The highest BCUT2D eigenvalue weighted by molar-refractivity contribution is 5.90. The lowest BCUT2D eigenvalue weighted by Crippen LogP contribution is -2.09. The van der Waals surface area contributed by atoms with Crippen molar-refractivity contribution in [3.8, 4) is 5.75 Å². The van der Waals surface area contributed by atoms with Crippen LogP contribution in [0.2, 0.25) is 0 Å². The second kappa shape index (κ2) is 6.05. The average Bonchev–Trinajstić information content (AvgIpc) is 2.85. The molecule has 2 aromatic rings. The summed E-state index contributed by atoms with van der Waals surface area (Å²) in [5, 5.41) is 0.324. The first-order chi connectivity index (χ1) is 8.69. The zero-order valence-corrected chi connectivity index (χ0v) is 10.9. The molecule has 0 unspecified atom stereocenters. The van der Waals surface area contributed by atoms with Gasteiger partial charge < -0.3 is 9.47 Å². The van der Waals surface area contributed by atoms with Gasteiger partial charge in [0, 0.05) is 11.6 Å². The molecule has 0 saturated carbocycles. The standard InChI is InChI=1S/C11H10FNO3.C2H6/c1-15-9-4-3-8-7(10(9)12)5-6-13(8)11(14)16-2;1-2/h3-6H,1-2H3;1-2H3. The van der Waals surface area contributed by atoms with Crippen LogP contribution in [-0.2, 0) is 4.74 Å². The van der Waals surface area contributed by atoms with E-state index in [1.54, 1.807) is 6.07 Å². The van der Waals surface area contributed by atoms with Crippen LogP contribution in [0.3, 0.4) is 0 Å². The maximum absolute atomic E-state index is 13.8. The van der Waals surface area contributed by atoms with Crippen LogP contribution in [0.4, 0.5) is 9.18 Å². The molecular formula is C13H16FNO3. The van der Waals surface area contributed by atoms with Crippen molar-refractivity contribution in [1.82, 2.24) is 4.57 Å². The van der Waals surface area contributed by atoms with Gasteiger partial charge in [0.25, 0.3) is 0 Å². The third-order valence-corrected chi connectivity index (χ3v) is 2.36. The Labute approximate surface area is 105 Å². The third kappa shape index (κ3) is 2.30. The van der Waals surface area contributed by atoms with Gasteiger partial charge in [0.1, 0.15) is 0 Å². The molecule has 0 aliphatic heterocycles. The van der Waals surface area contributed by atoms with E-state index in [4.69, 9.17) is 4.74 Å². The highest BCUT2D eigenvalue weighted by Crippen LogP contribution is 2.26. The largest absolute Gasteiger partial charge is 0.494 e. The Bertz CT molecular complexity index is 548. The molecule has 98 valence electrons. The molecule has 0 atom stereocenters. The van der Waals surface area contributed by atoms with Crippen LogP contribution in [-0.4, -0.2) is 24.9 Å². The lowest BCUT2D eigenvalue weighted by atomic mass is 10.2. The van der Waals surface area contributed by atoms with Crippen LogP contribution in [0.1, 0.15) is 13.8 Å². The summed E-state index contributed by atoms with van der Waals surface area (Å²) in [5.74, 6) is -0.335. The number of halogens is 1. The Morgan fingerprint density at radius 3 is 2.44 bits per heavy atom. The van der Waals surface area contributed by atoms with E-state index in [1.165, 1.54) is 37.1 Å². The van der Waals surface area contributed by atoms with Crippen LogP contribution < -0.4 is 4.74 Å². The summed E-state index contributed by atoms with van der Waals surface area (Å²) < 4.78 is 24.4. The van der Waals surface area contributed by atoms with E-state index in [0.717, 1.165) is 0 Å². The van der Waals surface area contributed by atoms with Crippen molar-refractivity contribution < 1.29 is 18.7 Å². The molecule has 1 heterocycles. The van der Waals surface area contributed by atoms with Gasteiger partial charge in [-0.1, -0.05) is 13.8 Å². The van der Waals surface area contributed by atoms with Crippen molar-refractivity contribution in [3.05, 3.63) is 30.2 Å². The number of ether oxygens (including phenoxy) is 2. The minimum Gasteiger partial charge on any atom is -0.494 e. The lowest BCUT2D eigenvalue weighted by molar-refractivity contribution is 0.174. The van der Waals surface area contributed by atoms with Crippen LogP contribution in [0.5, 0.6) is 5.75 Å². The van der Waals surface area contributed by atoms with Crippen molar-refractivity contribution in [2.45, 2.75) is 13.8 Å². The Balaban J connectivity index is 0.000000771. The summed E-state index contributed by atoms with van der Waals surface area (Å²) >= 11 is 0. The number of fused-ring (bicyclic) bond motifs is 1. The van der Waals surface area contributed by atoms with E-state index in [-0.39, 0.29) is 5.75 Å². The maximum atomic E-state index is 13.8. The van der Waals surface area contributed by atoms with Gasteiger partial charge in [0.15, 0.2) is 11.6 Å². The number of methoxy groups -OCH3 is 2. The zero-order chi connectivity index (χ0) is 13.7. The van der Waals surface area contributed by atoms with Gasteiger partial charge in [0.05, 0.1) is 19.7 Å². The van der Waals surface area contributed by atoms with Crippen molar-refractivity contribution >= 4 is 17.0 Å². The second-order valence-corrected chi connectivity index (χ2v) is 3.17. The fourth-order valence-corrected chi connectivity index (χ4v) is 1.58. The molecule has 0 aliphatic rings. The van der Waals surface area contributed by atoms with Gasteiger partial charge >= 0.3 is 6.09 Å². The van der Waals surface area contributed by atoms with Gasteiger partial charge in [-0.25, -0.2) is 9.18 Å². The van der Waals surface area contributed by atoms with Gasteiger partial charge in [-0.05, 0) is 18.2 Å². The number of hydrogen-bond donors (Lipinski definition) is 0. The van der Waals surface area contributed by atoms with E-state index < -0.39 is 11.9 Å².